The highest BCUT2D eigenvalue weighted by molar-refractivity contribution is 5.80. The van der Waals surface area contributed by atoms with E-state index in [1.54, 1.807) is 0 Å². The molecule has 0 aromatic heterocycles. The van der Waals surface area contributed by atoms with Crippen LogP contribution in [0.15, 0.2) is 4.99 Å². The van der Waals surface area contributed by atoms with Crippen molar-refractivity contribution in [1.29, 1.82) is 0 Å². The van der Waals surface area contributed by atoms with E-state index in [0.29, 0.717) is 0 Å². The van der Waals surface area contributed by atoms with E-state index >= 15 is 0 Å². The molecular formula is C16H34N4. The van der Waals surface area contributed by atoms with Crippen molar-refractivity contribution in [2.75, 3.05) is 46.3 Å². The number of aliphatic imine (C=N–C) groups is 1. The molecule has 1 heterocycles. The topological polar surface area (TPSA) is 30.9 Å². The molecule has 4 nitrogen and oxygen atoms in total. The largest absolute Gasteiger partial charge is 0.355 e. The Morgan fingerprint density at radius 2 is 1.85 bits per heavy atom. The van der Waals surface area contributed by atoms with Crippen LogP contribution in [0.4, 0.5) is 0 Å². The molecule has 1 saturated heterocycles. The van der Waals surface area contributed by atoms with Gasteiger partial charge >= 0.3 is 0 Å². The second kappa shape index (κ2) is 9.22. The molecule has 0 amide bonds. The molecule has 1 N–H and O–H groups in total. The predicted octanol–water partition coefficient (Wildman–Crippen LogP) is 2.27. The fourth-order valence-corrected chi connectivity index (χ4v) is 3.24. The van der Waals surface area contributed by atoms with Crippen molar-refractivity contribution >= 4 is 5.96 Å². The first kappa shape index (κ1) is 17.3. The van der Waals surface area contributed by atoms with E-state index in [9.17, 15) is 0 Å². The first-order chi connectivity index (χ1) is 9.60. The molecule has 20 heavy (non-hydrogen) atoms. The predicted molar refractivity (Wildman–Crippen MR) is 88.3 cm³/mol. The summed E-state index contributed by atoms with van der Waals surface area (Å²) in [5.74, 6) is 2.62. The fraction of sp³-hybridized carbons (Fsp3) is 0.938. The number of hydrogen-bond acceptors (Lipinski definition) is 2. The van der Waals surface area contributed by atoms with Gasteiger partial charge in [-0.15, -0.1) is 0 Å². The van der Waals surface area contributed by atoms with Crippen LogP contribution in [-0.2, 0) is 0 Å². The molecule has 2 atom stereocenters. The third kappa shape index (κ3) is 5.70. The van der Waals surface area contributed by atoms with Crippen LogP contribution in [0.1, 0.15) is 40.5 Å². The summed E-state index contributed by atoms with van der Waals surface area (Å²) in [5, 5.41) is 3.54. The van der Waals surface area contributed by atoms with Crippen LogP contribution in [0.2, 0.25) is 0 Å². The average molecular weight is 282 g/mol. The Kier molecular flexibility index (Phi) is 7.97. The summed E-state index contributed by atoms with van der Waals surface area (Å²) in [4.78, 5) is 9.38. The number of likely N-dealkylation sites (tertiary alicyclic amines) is 1. The van der Waals surface area contributed by atoms with Gasteiger partial charge in [-0.1, -0.05) is 27.7 Å². The maximum atomic E-state index is 4.46. The van der Waals surface area contributed by atoms with E-state index in [1.807, 2.05) is 7.05 Å². The van der Waals surface area contributed by atoms with E-state index in [4.69, 9.17) is 0 Å². The Labute approximate surface area is 125 Å². The molecule has 1 rings (SSSR count). The lowest BCUT2D eigenvalue weighted by Crippen LogP contribution is -2.49. The molecule has 1 fully saturated rings. The van der Waals surface area contributed by atoms with Gasteiger partial charge in [0, 0.05) is 33.2 Å². The van der Waals surface area contributed by atoms with Gasteiger partial charge in [-0.3, -0.25) is 4.99 Å². The van der Waals surface area contributed by atoms with Gasteiger partial charge in [0.15, 0.2) is 5.96 Å². The second-order valence-electron chi connectivity index (χ2n) is 6.26. The molecule has 4 heteroatoms. The summed E-state index contributed by atoms with van der Waals surface area (Å²) >= 11 is 0. The fourth-order valence-electron chi connectivity index (χ4n) is 3.24. The lowest BCUT2D eigenvalue weighted by molar-refractivity contribution is 0.207. The summed E-state index contributed by atoms with van der Waals surface area (Å²) in [6.07, 6.45) is 2.57. The molecule has 2 unspecified atom stereocenters. The van der Waals surface area contributed by atoms with Gasteiger partial charge in [0.05, 0.1) is 0 Å². The van der Waals surface area contributed by atoms with Crippen molar-refractivity contribution in [3.8, 4) is 0 Å². The van der Waals surface area contributed by atoms with Crippen molar-refractivity contribution in [3.05, 3.63) is 0 Å². The van der Waals surface area contributed by atoms with Gasteiger partial charge in [-0.25, -0.2) is 0 Å². The Bertz CT molecular complexity index is 280. The zero-order valence-corrected chi connectivity index (χ0v) is 14.2. The van der Waals surface area contributed by atoms with Crippen molar-refractivity contribution in [1.82, 2.24) is 15.1 Å². The molecule has 1 aliphatic heterocycles. The van der Waals surface area contributed by atoms with Gasteiger partial charge in [-0.05, 0) is 37.8 Å². The maximum Gasteiger partial charge on any atom is 0.193 e. The van der Waals surface area contributed by atoms with Gasteiger partial charge in [0.1, 0.15) is 0 Å². The Hall–Kier alpha value is -0.770. The van der Waals surface area contributed by atoms with Gasteiger partial charge in [0.2, 0.25) is 0 Å². The molecule has 0 aromatic rings. The lowest BCUT2D eigenvalue weighted by Gasteiger charge is -2.37. The molecule has 0 aliphatic carbocycles. The van der Waals surface area contributed by atoms with E-state index in [-0.39, 0.29) is 0 Å². The molecule has 0 radical (unpaired) electrons. The quantitative estimate of drug-likeness (QED) is 0.599. The summed E-state index contributed by atoms with van der Waals surface area (Å²) in [6, 6.07) is 0. The maximum absolute atomic E-state index is 4.46. The van der Waals surface area contributed by atoms with Crippen LogP contribution >= 0.6 is 0 Å². The molecule has 118 valence electrons. The highest BCUT2D eigenvalue weighted by Crippen LogP contribution is 2.20. The van der Waals surface area contributed by atoms with Crippen molar-refractivity contribution in [2.45, 2.75) is 40.5 Å². The van der Waals surface area contributed by atoms with Crippen LogP contribution < -0.4 is 5.32 Å². The van der Waals surface area contributed by atoms with E-state index in [2.05, 4.69) is 47.8 Å². The number of rotatable bonds is 6. The number of hydrogen-bond donors (Lipinski definition) is 1. The third-order valence-corrected chi connectivity index (χ3v) is 4.08. The first-order valence-electron chi connectivity index (χ1n) is 8.28. The summed E-state index contributed by atoms with van der Waals surface area (Å²) in [5.41, 5.74) is 0. The Morgan fingerprint density at radius 3 is 2.35 bits per heavy atom. The van der Waals surface area contributed by atoms with Crippen LogP contribution in [0.25, 0.3) is 0 Å². The van der Waals surface area contributed by atoms with Crippen LogP contribution in [-0.4, -0.2) is 62.1 Å². The molecule has 0 aromatic carbocycles. The molecule has 1 aliphatic rings. The van der Waals surface area contributed by atoms with Crippen molar-refractivity contribution in [2.24, 2.45) is 16.8 Å². The van der Waals surface area contributed by atoms with Crippen molar-refractivity contribution in [3.63, 3.8) is 0 Å². The average Bonchev–Trinajstić information content (AvgIpc) is 2.41. The van der Waals surface area contributed by atoms with Gasteiger partial charge in [0.25, 0.3) is 0 Å². The number of piperidine rings is 1. The number of nitrogens with one attached hydrogen (secondary N) is 1. The molecule has 0 spiro atoms. The van der Waals surface area contributed by atoms with E-state index < -0.39 is 0 Å². The minimum absolute atomic E-state index is 0.768. The standard InChI is InChI=1S/C16H34N4/c1-6-9-19(7-2)10-8-18-16(17-5)20-12-14(3)11-15(4)13-20/h14-15H,6-13H2,1-5H3,(H,17,18). The first-order valence-corrected chi connectivity index (χ1v) is 8.28. The van der Waals surface area contributed by atoms with E-state index in [0.717, 1.165) is 50.5 Å². The highest BCUT2D eigenvalue weighted by atomic mass is 15.3. The smallest absolute Gasteiger partial charge is 0.193 e. The molecule has 0 saturated carbocycles. The number of likely N-dealkylation sites (N-methyl/N-ethyl adjacent to an activating group) is 1. The second-order valence-corrected chi connectivity index (χ2v) is 6.26. The van der Waals surface area contributed by atoms with Gasteiger partial charge in [-0.2, -0.15) is 0 Å². The number of nitrogens with zero attached hydrogens (tertiary/aromatic N) is 3. The van der Waals surface area contributed by atoms with Crippen LogP contribution in [0, 0.1) is 11.8 Å². The normalized spacial score (nSPS) is 24.3. The summed E-state index contributed by atoms with van der Waals surface area (Å²) < 4.78 is 0. The lowest BCUT2D eigenvalue weighted by atomic mass is 9.92. The Morgan fingerprint density at radius 1 is 1.20 bits per heavy atom. The SMILES string of the molecule is CCCN(CC)CCNC(=NC)N1CC(C)CC(C)C1. The Balaban J connectivity index is 2.39. The van der Waals surface area contributed by atoms with Gasteiger partial charge < -0.3 is 15.1 Å². The minimum Gasteiger partial charge on any atom is -0.355 e. The van der Waals surface area contributed by atoms with E-state index in [1.165, 1.54) is 19.4 Å². The zero-order chi connectivity index (χ0) is 15.0. The number of guanidine groups is 1. The molecule has 0 bridgehead atoms. The van der Waals surface area contributed by atoms with Crippen LogP contribution in [0.5, 0.6) is 0 Å². The minimum atomic E-state index is 0.768. The zero-order valence-electron chi connectivity index (χ0n) is 14.2. The van der Waals surface area contributed by atoms with Crippen LogP contribution in [0.3, 0.4) is 0 Å². The highest BCUT2D eigenvalue weighted by Gasteiger charge is 2.23. The monoisotopic (exact) mass is 282 g/mol. The summed E-state index contributed by atoms with van der Waals surface area (Å²) in [7, 11) is 1.90. The third-order valence-electron chi connectivity index (χ3n) is 4.08. The summed E-state index contributed by atoms with van der Waals surface area (Å²) in [6.45, 7) is 15.8. The molecular weight excluding hydrogens is 248 g/mol. The van der Waals surface area contributed by atoms with Crippen molar-refractivity contribution < 1.29 is 0 Å².